The van der Waals surface area contributed by atoms with Crippen LogP contribution in [0.1, 0.15) is 56.9 Å². The zero-order chi connectivity index (χ0) is 31.6. The lowest BCUT2D eigenvalue weighted by Crippen LogP contribution is -2.54. The number of rotatable bonds is 6. The third kappa shape index (κ3) is 6.83. The Hall–Kier alpha value is -4.12. The van der Waals surface area contributed by atoms with Crippen molar-refractivity contribution in [1.29, 1.82) is 5.26 Å². The minimum absolute atomic E-state index is 0.0314. The number of ether oxygens (including phenoxy) is 2. The topological polar surface area (TPSA) is 184 Å². The number of carbonyl (C=O) groups excluding carboxylic acids is 4. The maximum atomic E-state index is 13.8. The predicted octanol–water partition coefficient (Wildman–Crippen LogP) is 2.19. The van der Waals surface area contributed by atoms with Crippen LogP contribution in [0.2, 0.25) is 0 Å². The zero-order valence-corrected chi connectivity index (χ0v) is 25.5. The Morgan fingerprint density at radius 1 is 1.14 bits per heavy atom. The van der Waals surface area contributed by atoms with E-state index in [9.17, 15) is 32.9 Å². The van der Waals surface area contributed by atoms with Gasteiger partial charge in [0.05, 0.1) is 35.8 Å². The van der Waals surface area contributed by atoms with Crippen molar-refractivity contribution in [3.63, 3.8) is 0 Å². The summed E-state index contributed by atoms with van der Waals surface area (Å²) in [6, 6.07) is 6.48. The maximum Gasteiger partial charge on any atom is 0.411 e. The number of fused-ring (bicyclic) bond motifs is 2. The number of benzene rings is 1. The lowest BCUT2D eigenvalue weighted by atomic mass is 9.93. The average molecular weight is 628 g/mol. The number of hydrogen-bond donors (Lipinski definition) is 3. The summed E-state index contributed by atoms with van der Waals surface area (Å²) in [5.74, 6) is -3.36. The van der Waals surface area contributed by atoms with E-state index in [0.29, 0.717) is 31.6 Å². The minimum Gasteiger partial charge on any atom is -0.497 e. The number of nitrogens with zero attached hydrogens (tertiary/aromatic N) is 2. The highest BCUT2D eigenvalue weighted by atomic mass is 32.2. The molecule has 14 heteroatoms. The molecule has 236 valence electrons. The normalized spacial score (nSPS) is 29.5. The van der Waals surface area contributed by atoms with Crippen LogP contribution in [0.5, 0.6) is 5.75 Å². The molecule has 3 aliphatic carbocycles. The van der Waals surface area contributed by atoms with Crippen molar-refractivity contribution in [2.24, 2.45) is 17.8 Å². The van der Waals surface area contributed by atoms with E-state index in [1.807, 2.05) is 18.2 Å². The van der Waals surface area contributed by atoms with Gasteiger partial charge in [-0.1, -0.05) is 12.2 Å². The number of anilines is 1. The molecule has 0 radical (unpaired) electrons. The van der Waals surface area contributed by atoms with Crippen molar-refractivity contribution >= 4 is 39.5 Å². The zero-order valence-electron chi connectivity index (χ0n) is 24.7. The number of carbonyl (C=O) groups is 4. The fourth-order valence-corrected chi connectivity index (χ4v) is 7.41. The second-order valence-electron chi connectivity index (χ2n) is 12.0. The van der Waals surface area contributed by atoms with E-state index < -0.39 is 56.7 Å². The second kappa shape index (κ2) is 12.5. The minimum atomic E-state index is -3.84. The van der Waals surface area contributed by atoms with Crippen LogP contribution in [0.3, 0.4) is 0 Å². The lowest BCUT2D eigenvalue weighted by molar-refractivity contribution is -0.140. The van der Waals surface area contributed by atoms with Crippen molar-refractivity contribution in [2.45, 2.75) is 68.3 Å². The Balaban J connectivity index is 1.34. The number of nitrogens with one attached hydrogen (secondary N) is 3. The summed E-state index contributed by atoms with van der Waals surface area (Å²) in [6.45, 7) is 0.495. The SMILES string of the molecule is COc1cc(C#N)cc(NC(=O)OC2CC3C(=O)NC4(C(=O)NS(=O)(=O)C5CC5)CC4/C=C/CCCCN(C)C(=O)C3C2)c1. The van der Waals surface area contributed by atoms with Gasteiger partial charge in [0.25, 0.3) is 5.91 Å². The number of nitriles is 1. The summed E-state index contributed by atoms with van der Waals surface area (Å²) in [5.41, 5.74) is -0.899. The summed E-state index contributed by atoms with van der Waals surface area (Å²) < 4.78 is 38.1. The number of hydrogen-bond acceptors (Lipinski definition) is 9. The Labute approximate surface area is 256 Å². The van der Waals surface area contributed by atoms with Crippen molar-refractivity contribution in [3.8, 4) is 11.8 Å². The molecule has 4 amide bonds. The van der Waals surface area contributed by atoms with Gasteiger partial charge < -0.3 is 19.7 Å². The molecule has 1 aromatic carbocycles. The Morgan fingerprint density at radius 3 is 2.59 bits per heavy atom. The molecule has 1 heterocycles. The van der Waals surface area contributed by atoms with Gasteiger partial charge in [0.1, 0.15) is 17.4 Å². The van der Waals surface area contributed by atoms with Crippen molar-refractivity contribution < 1.29 is 37.1 Å². The molecule has 3 saturated carbocycles. The van der Waals surface area contributed by atoms with E-state index >= 15 is 0 Å². The van der Waals surface area contributed by atoms with Gasteiger partial charge in [-0.05, 0) is 63.5 Å². The van der Waals surface area contributed by atoms with Crippen LogP contribution in [-0.2, 0) is 29.1 Å². The Kier molecular flexibility index (Phi) is 8.88. The molecule has 0 bridgehead atoms. The van der Waals surface area contributed by atoms with Crippen molar-refractivity contribution in [2.75, 3.05) is 26.0 Å². The summed E-state index contributed by atoms with van der Waals surface area (Å²) >= 11 is 0. The molecule has 4 aliphatic rings. The van der Waals surface area contributed by atoms with Crippen LogP contribution in [-0.4, -0.2) is 74.7 Å². The molecule has 3 fully saturated rings. The van der Waals surface area contributed by atoms with Crippen LogP contribution in [0.4, 0.5) is 10.5 Å². The van der Waals surface area contributed by atoms with Gasteiger partial charge in [0.2, 0.25) is 21.8 Å². The summed E-state index contributed by atoms with van der Waals surface area (Å²) in [6.07, 6.45) is 5.74. The largest absolute Gasteiger partial charge is 0.497 e. The van der Waals surface area contributed by atoms with Gasteiger partial charge >= 0.3 is 6.09 Å². The van der Waals surface area contributed by atoms with E-state index in [2.05, 4.69) is 15.4 Å². The van der Waals surface area contributed by atoms with E-state index in [-0.39, 0.29) is 42.3 Å². The Bertz CT molecular complexity index is 1520. The summed E-state index contributed by atoms with van der Waals surface area (Å²) in [4.78, 5) is 55.1. The number of methoxy groups -OCH3 is 1. The van der Waals surface area contributed by atoms with Crippen molar-refractivity contribution in [3.05, 3.63) is 35.9 Å². The van der Waals surface area contributed by atoms with Gasteiger partial charge in [-0.25, -0.2) is 13.2 Å². The van der Waals surface area contributed by atoms with Gasteiger partial charge in [-0.15, -0.1) is 0 Å². The second-order valence-corrected chi connectivity index (χ2v) is 14.0. The molecule has 3 N–H and O–H groups in total. The molecule has 1 aliphatic heterocycles. The van der Waals surface area contributed by atoms with Crippen molar-refractivity contribution in [1.82, 2.24) is 14.9 Å². The van der Waals surface area contributed by atoms with Gasteiger partial charge in [-0.3, -0.25) is 24.4 Å². The molecule has 44 heavy (non-hydrogen) atoms. The number of sulfonamides is 1. The number of amides is 4. The van der Waals surface area contributed by atoms with E-state index in [0.717, 1.165) is 12.8 Å². The van der Waals surface area contributed by atoms with Crippen LogP contribution in [0, 0.1) is 29.1 Å². The quantitative estimate of drug-likeness (QED) is 0.398. The molecular formula is C30H37N5O8S. The van der Waals surface area contributed by atoms with Gasteiger partial charge in [0.15, 0.2) is 0 Å². The Morgan fingerprint density at radius 2 is 1.89 bits per heavy atom. The fourth-order valence-electron chi connectivity index (χ4n) is 6.04. The molecule has 0 saturated heterocycles. The van der Waals surface area contributed by atoms with Crippen LogP contribution >= 0.6 is 0 Å². The summed E-state index contributed by atoms with van der Waals surface area (Å²) in [5, 5.41) is 14.0. The standard InChI is InChI=1S/C30H37N5O8S/c1-35-10-6-4-3-5-7-19-16-30(19,28(38)34-44(40,41)23-8-9-23)33-26(36)24-14-22(15-25(24)27(35)37)43-29(39)32-20-11-18(17-31)12-21(13-20)42-2/h5,7,11-13,19,22-25H,3-4,6,8-10,14-16H2,1-2H3,(H,32,39)(H,33,36)(H,34,38)/b7-5+. The molecule has 5 rings (SSSR count). The molecule has 5 unspecified atom stereocenters. The maximum absolute atomic E-state index is 13.8. The van der Waals surface area contributed by atoms with E-state index in [4.69, 9.17) is 9.47 Å². The third-order valence-electron chi connectivity index (χ3n) is 8.79. The molecule has 5 atom stereocenters. The lowest BCUT2D eigenvalue weighted by Gasteiger charge is -2.26. The van der Waals surface area contributed by atoms with Crippen LogP contribution < -0.4 is 20.1 Å². The first kappa shape index (κ1) is 31.3. The molecular weight excluding hydrogens is 590 g/mol. The molecule has 1 aromatic rings. The van der Waals surface area contributed by atoms with E-state index in [1.54, 1.807) is 11.9 Å². The van der Waals surface area contributed by atoms with Gasteiger partial charge in [0, 0.05) is 31.3 Å². The smallest absolute Gasteiger partial charge is 0.411 e. The number of allylic oxidation sites excluding steroid dienone is 1. The first-order valence-electron chi connectivity index (χ1n) is 14.8. The fraction of sp³-hybridized carbons (Fsp3) is 0.567. The van der Waals surface area contributed by atoms with Crippen LogP contribution in [0.15, 0.2) is 30.4 Å². The van der Waals surface area contributed by atoms with Crippen LogP contribution in [0.25, 0.3) is 0 Å². The highest BCUT2D eigenvalue weighted by Crippen LogP contribution is 2.47. The average Bonchev–Trinajstić information content (AvgIpc) is 3.91. The predicted molar refractivity (Wildman–Crippen MR) is 158 cm³/mol. The first-order valence-corrected chi connectivity index (χ1v) is 16.4. The molecule has 13 nitrogen and oxygen atoms in total. The summed E-state index contributed by atoms with van der Waals surface area (Å²) in [7, 11) is -0.740. The van der Waals surface area contributed by atoms with Gasteiger partial charge in [-0.2, -0.15) is 5.26 Å². The van der Waals surface area contributed by atoms with E-state index in [1.165, 1.54) is 25.3 Å². The highest BCUT2D eigenvalue weighted by Gasteiger charge is 2.62. The highest BCUT2D eigenvalue weighted by molar-refractivity contribution is 7.91. The first-order chi connectivity index (χ1) is 21.0. The molecule has 0 aromatic heterocycles. The molecule has 0 spiro atoms. The third-order valence-corrected chi connectivity index (χ3v) is 10.6. The monoisotopic (exact) mass is 627 g/mol.